The maximum Gasteiger partial charge on any atom is 0.220 e. The summed E-state index contributed by atoms with van der Waals surface area (Å²) in [7, 11) is 0. The highest BCUT2D eigenvalue weighted by molar-refractivity contribution is 5.76. The van der Waals surface area contributed by atoms with E-state index in [2.05, 4.69) is 19.2 Å². The van der Waals surface area contributed by atoms with Crippen molar-refractivity contribution >= 4 is 5.91 Å². The molecule has 2 unspecified atom stereocenters. The van der Waals surface area contributed by atoms with Crippen LogP contribution < -0.4 is 11.1 Å². The van der Waals surface area contributed by atoms with Crippen molar-refractivity contribution in [3.05, 3.63) is 0 Å². The molecule has 0 aromatic rings. The van der Waals surface area contributed by atoms with E-state index in [0.717, 1.165) is 19.4 Å². The molecule has 0 radical (unpaired) electrons. The summed E-state index contributed by atoms with van der Waals surface area (Å²) in [5.74, 6) is 0.110. The Morgan fingerprint density at radius 3 is 2.75 bits per heavy atom. The summed E-state index contributed by atoms with van der Waals surface area (Å²) < 4.78 is 5.61. The summed E-state index contributed by atoms with van der Waals surface area (Å²) in [6, 6.07) is 0.245. The van der Waals surface area contributed by atoms with Gasteiger partial charge in [-0.2, -0.15) is 0 Å². The van der Waals surface area contributed by atoms with Crippen LogP contribution in [0.4, 0.5) is 0 Å². The first-order valence-corrected chi connectivity index (χ1v) is 6.13. The Morgan fingerprint density at radius 1 is 1.56 bits per heavy atom. The van der Waals surface area contributed by atoms with Gasteiger partial charge in [0.1, 0.15) is 0 Å². The Balaban J connectivity index is 2.32. The lowest BCUT2D eigenvalue weighted by Gasteiger charge is -2.51. The maximum absolute atomic E-state index is 11.5. The summed E-state index contributed by atoms with van der Waals surface area (Å²) in [6.45, 7) is 7.60. The van der Waals surface area contributed by atoms with E-state index in [1.165, 1.54) is 0 Å². The van der Waals surface area contributed by atoms with Gasteiger partial charge in [0, 0.05) is 24.5 Å². The molecule has 1 fully saturated rings. The Hall–Kier alpha value is -0.610. The molecule has 1 rings (SSSR count). The molecule has 16 heavy (non-hydrogen) atoms. The third kappa shape index (κ3) is 2.95. The average molecular weight is 228 g/mol. The van der Waals surface area contributed by atoms with E-state index in [1.54, 1.807) is 0 Å². The highest BCUT2D eigenvalue weighted by Gasteiger charge is 2.49. The van der Waals surface area contributed by atoms with Crippen LogP contribution in [0, 0.1) is 5.41 Å². The molecule has 0 heterocycles. The highest BCUT2D eigenvalue weighted by atomic mass is 16.5. The number of amides is 1. The molecule has 4 heteroatoms. The number of carbonyl (C=O) groups is 1. The molecule has 94 valence electrons. The minimum Gasteiger partial charge on any atom is -0.378 e. The van der Waals surface area contributed by atoms with Crippen molar-refractivity contribution in [2.75, 3.05) is 13.2 Å². The largest absolute Gasteiger partial charge is 0.378 e. The molecule has 0 aromatic heterocycles. The molecule has 0 bridgehead atoms. The van der Waals surface area contributed by atoms with Crippen LogP contribution in [0.1, 0.15) is 40.0 Å². The van der Waals surface area contributed by atoms with E-state index in [1.807, 2.05) is 6.92 Å². The molecule has 1 amide bonds. The molecule has 0 aliphatic heterocycles. The number of ether oxygens (including phenoxy) is 1. The zero-order valence-corrected chi connectivity index (χ0v) is 10.6. The number of hydrogen-bond donors (Lipinski definition) is 2. The minimum atomic E-state index is 0.0500. The van der Waals surface area contributed by atoms with Gasteiger partial charge in [0.15, 0.2) is 0 Å². The lowest BCUT2D eigenvalue weighted by molar-refractivity contribution is -0.136. The normalized spacial score (nSPS) is 27.2. The van der Waals surface area contributed by atoms with Gasteiger partial charge in [0.2, 0.25) is 5.91 Å². The topological polar surface area (TPSA) is 64.3 Å². The fraction of sp³-hybridized carbons (Fsp3) is 0.917. The number of hydrogen-bond acceptors (Lipinski definition) is 3. The zero-order chi connectivity index (χ0) is 12.2. The Morgan fingerprint density at radius 2 is 2.25 bits per heavy atom. The summed E-state index contributed by atoms with van der Waals surface area (Å²) in [4.78, 5) is 11.5. The quantitative estimate of drug-likeness (QED) is 0.714. The van der Waals surface area contributed by atoms with Gasteiger partial charge in [-0.1, -0.05) is 13.8 Å². The summed E-state index contributed by atoms with van der Waals surface area (Å²) in [5, 5.41) is 3.06. The number of carbonyl (C=O) groups excluding carboxylic acids is 1. The van der Waals surface area contributed by atoms with Gasteiger partial charge in [-0.25, -0.2) is 0 Å². The standard InChI is InChI=1S/C12H24N2O2/c1-4-16-10-8-9(12(10,2)3)14-11(15)6-5-7-13/h9-10H,4-8,13H2,1-3H3,(H,14,15). The molecule has 0 saturated heterocycles. The number of rotatable bonds is 6. The van der Waals surface area contributed by atoms with E-state index < -0.39 is 0 Å². The van der Waals surface area contributed by atoms with Crippen molar-refractivity contribution in [2.45, 2.75) is 52.2 Å². The van der Waals surface area contributed by atoms with Crippen LogP contribution >= 0.6 is 0 Å². The molecule has 1 saturated carbocycles. The van der Waals surface area contributed by atoms with Crippen LogP contribution in [0.15, 0.2) is 0 Å². The van der Waals surface area contributed by atoms with Gasteiger partial charge in [-0.15, -0.1) is 0 Å². The summed E-state index contributed by atoms with van der Waals surface area (Å²) in [5.41, 5.74) is 5.42. The van der Waals surface area contributed by atoms with Crippen LogP contribution in [0.3, 0.4) is 0 Å². The van der Waals surface area contributed by atoms with E-state index in [0.29, 0.717) is 13.0 Å². The lowest BCUT2D eigenvalue weighted by atomic mass is 9.64. The third-order valence-electron chi connectivity index (χ3n) is 3.49. The maximum atomic E-state index is 11.5. The molecule has 2 atom stereocenters. The van der Waals surface area contributed by atoms with Crippen molar-refractivity contribution in [2.24, 2.45) is 11.1 Å². The van der Waals surface area contributed by atoms with Gasteiger partial charge in [0.05, 0.1) is 6.10 Å². The fourth-order valence-electron chi connectivity index (χ4n) is 2.14. The van der Waals surface area contributed by atoms with Gasteiger partial charge in [0.25, 0.3) is 0 Å². The van der Waals surface area contributed by atoms with Crippen LogP contribution in [0.25, 0.3) is 0 Å². The van der Waals surface area contributed by atoms with Crippen molar-refractivity contribution in [3.8, 4) is 0 Å². The molecule has 1 aliphatic carbocycles. The van der Waals surface area contributed by atoms with Crippen molar-refractivity contribution in [3.63, 3.8) is 0 Å². The monoisotopic (exact) mass is 228 g/mol. The fourth-order valence-corrected chi connectivity index (χ4v) is 2.14. The summed E-state index contributed by atoms with van der Waals surface area (Å²) in [6.07, 6.45) is 2.49. The van der Waals surface area contributed by atoms with Gasteiger partial charge >= 0.3 is 0 Å². The zero-order valence-electron chi connectivity index (χ0n) is 10.6. The highest BCUT2D eigenvalue weighted by Crippen LogP contribution is 2.42. The van der Waals surface area contributed by atoms with Crippen LogP contribution in [-0.2, 0) is 9.53 Å². The Labute approximate surface area is 97.9 Å². The third-order valence-corrected chi connectivity index (χ3v) is 3.49. The SMILES string of the molecule is CCOC1CC(NC(=O)CCCN)C1(C)C. The first kappa shape index (κ1) is 13.5. The first-order chi connectivity index (χ1) is 7.52. The molecule has 1 aliphatic rings. The van der Waals surface area contributed by atoms with E-state index in [9.17, 15) is 4.79 Å². The molecule has 4 nitrogen and oxygen atoms in total. The molecule has 3 N–H and O–H groups in total. The van der Waals surface area contributed by atoms with Gasteiger partial charge in [-0.05, 0) is 26.3 Å². The first-order valence-electron chi connectivity index (χ1n) is 6.13. The molecule has 0 spiro atoms. The van der Waals surface area contributed by atoms with Crippen LogP contribution in [0.5, 0.6) is 0 Å². The smallest absolute Gasteiger partial charge is 0.220 e. The van der Waals surface area contributed by atoms with Crippen molar-refractivity contribution in [1.82, 2.24) is 5.32 Å². The van der Waals surface area contributed by atoms with Crippen LogP contribution in [-0.4, -0.2) is 31.2 Å². The van der Waals surface area contributed by atoms with E-state index >= 15 is 0 Å². The molecular weight excluding hydrogens is 204 g/mol. The number of nitrogens with two attached hydrogens (primary N) is 1. The second kappa shape index (κ2) is 5.64. The number of nitrogens with one attached hydrogen (secondary N) is 1. The van der Waals surface area contributed by atoms with E-state index in [-0.39, 0.29) is 23.5 Å². The lowest BCUT2D eigenvalue weighted by Crippen LogP contribution is -2.62. The second-order valence-corrected chi connectivity index (χ2v) is 5.01. The predicted octanol–water partition coefficient (Wildman–Crippen LogP) is 1.05. The predicted molar refractivity (Wildman–Crippen MR) is 64.0 cm³/mol. The Bertz CT molecular complexity index is 241. The minimum absolute atomic E-state index is 0.0500. The summed E-state index contributed by atoms with van der Waals surface area (Å²) >= 11 is 0. The molecule has 0 aromatic carbocycles. The van der Waals surface area contributed by atoms with Gasteiger partial charge < -0.3 is 15.8 Å². The Kier molecular flexibility index (Phi) is 4.74. The van der Waals surface area contributed by atoms with E-state index in [4.69, 9.17) is 10.5 Å². The average Bonchev–Trinajstić information content (AvgIpc) is 2.25. The molecular formula is C12H24N2O2. The van der Waals surface area contributed by atoms with Crippen molar-refractivity contribution < 1.29 is 9.53 Å². The van der Waals surface area contributed by atoms with Crippen molar-refractivity contribution in [1.29, 1.82) is 0 Å². The van der Waals surface area contributed by atoms with Crippen LogP contribution in [0.2, 0.25) is 0 Å². The van der Waals surface area contributed by atoms with Gasteiger partial charge in [-0.3, -0.25) is 4.79 Å². The second-order valence-electron chi connectivity index (χ2n) is 5.01.